The van der Waals surface area contributed by atoms with Crippen molar-refractivity contribution < 1.29 is 19.8 Å². The molecule has 0 radical (unpaired) electrons. The smallest absolute Gasteiger partial charge is 0.228 e. The Labute approximate surface area is 248 Å². The fraction of sp³-hybridized carbons (Fsp3) is 0.600. The summed E-state index contributed by atoms with van der Waals surface area (Å²) in [6.07, 6.45) is 0. The average molecular weight is 567 g/mol. The van der Waals surface area contributed by atoms with Gasteiger partial charge in [-0.3, -0.25) is 9.59 Å². The van der Waals surface area contributed by atoms with Gasteiger partial charge in [0.2, 0.25) is 11.8 Å². The van der Waals surface area contributed by atoms with Crippen LogP contribution in [0, 0.1) is 0 Å². The van der Waals surface area contributed by atoms with Crippen molar-refractivity contribution in [3.05, 3.63) is 57.6 Å². The summed E-state index contributed by atoms with van der Waals surface area (Å²) in [4.78, 5) is 26.3. The molecule has 2 rings (SSSR count). The van der Waals surface area contributed by atoms with E-state index in [2.05, 4.69) is 10.6 Å². The number of amides is 2. The monoisotopic (exact) mass is 566 g/mol. The standard InChI is InChI=1S/C35H54N2O4/c1-20(22-15-24(32(3,4)5)28(38)25(16-22)33(6,7)8)30(40)36-19-37-31(41)21(2)23-17-26(34(9,10)11)29(39)27(18-23)35(12,13)14/h15-18,20-21,38-39H,19H2,1-14H3,(H,36,40)(H,37,41). The molecule has 0 saturated heterocycles. The molecule has 228 valence electrons. The van der Waals surface area contributed by atoms with Gasteiger partial charge in [0.05, 0.1) is 18.5 Å². The van der Waals surface area contributed by atoms with Crippen LogP contribution in [0.1, 0.15) is 142 Å². The van der Waals surface area contributed by atoms with Crippen LogP contribution in [0.5, 0.6) is 11.5 Å². The first kappa shape index (κ1) is 34.2. The zero-order chi connectivity index (χ0) is 31.9. The highest BCUT2D eigenvalue weighted by Gasteiger charge is 2.30. The first-order valence-corrected chi connectivity index (χ1v) is 14.7. The van der Waals surface area contributed by atoms with E-state index in [0.717, 1.165) is 33.4 Å². The summed E-state index contributed by atoms with van der Waals surface area (Å²) in [5, 5.41) is 27.8. The molecule has 0 saturated carbocycles. The Morgan fingerprint density at radius 3 is 0.976 bits per heavy atom. The van der Waals surface area contributed by atoms with E-state index in [1.54, 1.807) is 0 Å². The fourth-order valence-electron chi connectivity index (χ4n) is 4.93. The number of carbonyl (C=O) groups is 2. The number of nitrogens with one attached hydrogen (secondary N) is 2. The Kier molecular flexibility index (Phi) is 9.75. The summed E-state index contributed by atoms with van der Waals surface area (Å²) in [6.45, 7) is 28.2. The first-order chi connectivity index (χ1) is 18.4. The number of rotatable bonds is 6. The molecule has 0 aliphatic rings. The molecule has 4 N–H and O–H groups in total. The van der Waals surface area contributed by atoms with Crippen molar-refractivity contribution in [1.29, 1.82) is 0 Å². The minimum atomic E-state index is -0.479. The van der Waals surface area contributed by atoms with E-state index in [1.807, 2.05) is 121 Å². The van der Waals surface area contributed by atoms with Crippen molar-refractivity contribution >= 4 is 11.8 Å². The maximum atomic E-state index is 13.2. The molecule has 0 spiro atoms. The Bertz CT molecular complexity index is 1110. The molecule has 0 fully saturated rings. The van der Waals surface area contributed by atoms with Crippen LogP contribution in [0.4, 0.5) is 0 Å². The van der Waals surface area contributed by atoms with Crippen molar-refractivity contribution in [2.24, 2.45) is 0 Å². The van der Waals surface area contributed by atoms with Gasteiger partial charge in [-0.15, -0.1) is 0 Å². The molecule has 0 heterocycles. The van der Waals surface area contributed by atoms with E-state index in [0.29, 0.717) is 0 Å². The molecule has 0 aliphatic heterocycles. The zero-order valence-corrected chi connectivity index (χ0v) is 27.9. The van der Waals surface area contributed by atoms with Crippen LogP contribution in [-0.2, 0) is 31.2 Å². The molecule has 0 bridgehead atoms. The van der Waals surface area contributed by atoms with Crippen molar-refractivity contribution in [1.82, 2.24) is 10.6 Å². The maximum Gasteiger partial charge on any atom is 0.228 e. The van der Waals surface area contributed by atoms with Crippen LogP contribution in [0.25, 0.3) is 0 Å². The van der Waals surface area contributed by atoms with Gasteiger partial charge in [-0.05, 0) is 68.9 Å². The van der Waals surface area contributed by atoms with Gasteiger partial charge in [0.25, 0.3) is 0 Å². The highest BCUT2D eigenvalue weighted by molar-refractivity contribution is 5.86. The third-order valence-electron chi connectivity index (χ3n) is 7.81. The van der Waals surface area contributed by atoms with Crippen LogP contribution in [0.15, 0.2) is 24.3 Å². The molecule has 0 aromatic heterocycles. The van der Waals surface area contributed by atoms with E-state index in [4.69, 9.17) is 0 Å². The predicted octanol–water partition coefficient (Wildman–Crippen LogP) is 7.38. The van der Waals surface area contributed by atoms with Gasteiger partial charge in [0.15, 0.2) is 0 Å². The minimum Gasteiger partial charge on any atom is -0.507 e. The molecule has 6 nitrogen and oxygen atoms in total. The third-order valence-corrected chi connectivity index (χ3v) is 7.81. The Hall–Kier alpha value is -3.02. The van der Waals surface area contributed by atoms with Crippen LogP contribution >= 0.6 is 0 Å². The second-order valence-corrected chi connectivity index (χ2v) is 15.6. The highest BCUT2D eigenvalue weighted by Crippen LogP contribution is 2.42. The van der Waals surface area contributed by atoms with Gasteiger partial charge in [-0.2, -0.15) is 0 Å². The van der Waals surface area contributed by atoms with Crippen LogP contribution in [-0.4, -0.2) is 28.7 Å². The van der Waals surface area contributed by atoms with Gasteiger partial charge in [-0.25, -0.2) is 0 Å². The van der Waals surface area contributed by atoms with E-state index in [-0.39, 0.29) is 51.6 Å². The predicted molar refractivity (Wildman–Crippen MR) is 169 cm³/mol. The lowest BCUT2D eigenvalue weighted by atomic mass is 9.77. The van der Waals surface area contributed by atoms with Gasteiger partial charge in [-0.1, -0.05) is 107 Å². The first-order valence-electron chi connectivity index (χ1n) is 14.7. The SMILES string of the molecule is CC(C(=O)NCNC(=O)C(C)c1cc(C(C)(C)C)c(O)c(C(C)(C)C)c1)c1cc(C(C)(C)C)c(O)c(C(C)(C)C)c1. The van der Waals surface area contributed by atoms with Gasteiger partial charge in [0, 0.05) is 0 Å². The lowest BCUT2D eigenvalue weighted by molar-refractivity contribution is -0.124. The lowest BCUT2D eigenvalue weighted by Gasteiger charge is -2.29. The second kappa shape index (κ2) is 11.7. The number of benzene rings is 2. The molecule has 0 aliphatic carbocycles. The van der Waals surface area contributed by atoms with Crippen molar-refractivity contribution in [2.45, 2.75) is 130 Å². The Morgan fingerprint density at radius 1 is 0.561 bits per heavy atom. The quantitative estimate of drug-likeness (QED) is 0.274. The topological polar surface area (TPSA) is 98.7 Å². The Morgan fingerprint density at radius 2 is 0.780 bits per heavy atom. The summed E-state index contributed by atoms with van der Waals surface area (Å²) in [5.41, 5.74) is 3.68. The van der Waals surface area contributed by atoms with Gasteiger partial charge < -0.3 is 20.8 Å². The third kappa shape index (κ3) is 8.05. The largest absolute Gasteiger partial charge is 0.507 e. The van der Waals surface area contributed by atoms with E-state index >= 15 is 0 Å². The average Bonchev–Trinajstić information content (AvgIpc) is 2.80. The molecular weight excluding hydrogens is 512 g/mol. The molecule has 2 aromatic rings. The van der Waals surface area contributed by atoms with Crippen molar-refractivity contribution in [3.63, 3.8) is 0 Å². The van der Waals surface area contributed by atoms with E-state index in [1.165, 1.54) is 0 Å². The van der Waals surface area contributed by atoms with Crippen molar-refractivity contribution in [2.75, 3.05) is 6.67 Å². The summed E-state index contributed by atoms with van der Waals surface area (Å²) < 4.78 is 0. The van der Waals surface area contributed by atoms with E-state index < -0.39 is 11.8 Å². The van der Waals surface area contributed by atoms with Crippen LogP contribution in [0.2, 0.25) is 0 Å². The molecule has 6 heteroatoms. The molecule has 2 atom stereocenters. The summed E-state index contributed by atoms with van der Waals surface area (Å²) in [5.74, 6) is -0.820. The van der Waals surface area contributed by atoms with Crippen LogP contribution < -0.4 is 10.6 Å². The number of hydrogen-bond donors (Lipinski definition) is 4. The number of phenols is 2. The van der Waals surface area contributed by atoms with Gasteiger partial charge >= 0.3 is 0 Å². The zero-order valence-electron chi connectivity index (χ0n) is 27.9. The molecule has 2 amide bonds. The molecule has 2 aromatic carbocycles. The normalized spacial score (nSPS) is 14.4. The summed E-state index contributed by atoms with van der Waals surface area (Å²) >= 11 is 0. The second-order valence-electron chi connectivity index (χ2n) is 15.6. The number of phenolic OH excluding ortho intramolecular Hbond substituents is 2. The minimum absolute atomic E-state index is 0.000967. The fourth-order valence-corrected chi connectivity index (χ4v) is 4.93. The van der Waals surface area contributed by atoms with Gasteiger partial charge in [0.1, 0.15) is 11.5 Å². The molecule has 41 heavy (non-hydrogen) atoms. The maximum absolute atomic E-state index is 13.2. The molecule has 2 unspecified atom stereocenters. The van der Waals surface area contributed by atoms with Crippen LogP contribution in [0.3, 0.4) is 0 Å². The van der Waals surface area contributed by atoms with Crippen molar-refractivity contribution in [3.8, 4) is 11.5 Å². The molecular formula is C35H54N2O4. The van der Waals surface area contributed by atoms with E-state index in [9.17, 15) is 19.8 Å². The Balaban J connectivity index is 2.24. The summed E-state index contributed by atoms with van der Waals surface area (Å²) in [6, 6.07) is 7.67. The highest BCUT2D eigenvalue weighted by atomic mass is 16.3. The number of hydrogen-bond acceptors (Lipinski definition) is 4. The lowest BCUT2D eigenvalue weighted by Crippen LogP contribution is -2.40. The summed E-state index contributed by atoms with van der Waals surface area (Å²) in [7, 11) is 0. The number of carbonyl (C=O) groups excluding carboxylic acids is 2. The number of aromatic hydroxyl groups is 2.